The molecule has 114 valence electrons. The van der Waals surface area contributed by atoms with E-state index in [1.807, 2.05) is 0 Å². The molecule has 21 heavy (non-hydrogen) atoms. The number of aliphatic carboxylic acids is 1. The molecule has 0 aliphatic heterocycles. The van der Waals surface area contributed by atoms with Crippen molar-refractivity contribution in [3.63, 3.8) is 0 Å². The van der Waals surface area contributed by atoms with E-state index in [-0.39, 0.29) is 9.88 Å². The van der Waals surface area contributed by atoms with E-state index in [0.29, 0.717) is 12.8 Å². The molecule has 1 heterocycles. The first-order chi connectivity index (χ1) is 9.99. The number of thiophene rings is 1. The topological polar surface area (TPSA) is 110 Å². The number of nitro groups is 1. The molecule has 1 saturated carbocycles. The van der Waals surface area contributed by atoms with Crippen LogP contribution in [0.25, 0.3) is 0 Å². The van der Waals surface area contributed by atoms with E-state index >= 15 is 0 Å². The summed E-state index contributed by atoms with van der Waals surface area (Å²) in [4.78, 5) is 33.7. The van der Waals surface area contributed by atoms with Gasteiger partial charge in [-0.05, 0) is 18.9 Å². The van der Waals surface area contributed by atoms with Gasteiger partial charge in [0, 0.05) is 12.1 Å². The van der Waals surface area contributed by atoms with Gasteiger partial charge in [0.1, 0.15) is 0 Å². The van der Waals surface area contributed by atoms with E-state index in [4.69, 9.17) is 0 Å². The molecule has 1 aromatic rings. The Balaban J connectivity index is 2.08. The molecule has 0 aromatic carbocycles. The van der Waals surface area contributed by atoms with E-state index in [9.17, 15) is 24.8 Å². The molecule has 2 N–H and O–H groups in total. The van der Waals surface area contributed by atoms with Crippen LogP contribution in [-0.2, 0) is 4.79 Å². The van der Waals surface area contributed by atoms with Crippen LogP contribution >= 0.6 is 11.3 Å². The van der Waals surface area contributed by atoms with Gasteiger partial charge in [0.2, 0.25) is 0 Å². The Morgan fingerprint density at radius 3 is 2.62 bits per heavy atom. The average Bonchev–Trinajstić information content (AvgIpc) is 2.81. The summed E-state index contributed by atoms with van der Waals surface area (Å²) in [6, 6.07) is 2.25. The normalized spacial score (nSPS) is 22.3. The molecule has 0 radical (unpaired) electrons. The second-order valence-corrected chi connectivity index (χ2v) is 6.12. The lowest BCUT2D eigenvalue weighted by molar-refractivity contribution is -0.380. The molecule has 8 heteroatoms. The summed E-state index contributed by atoms with van der Waals surface area (Å²) in [6.07, 6.45) is 3.84. The van der Waals surface area contributed by atoms with Crippen LogP contribution in [-0.4, -0.2) is 27.9 Å². The van der Waals surface area contributed by atoms with Crippen LogP contribution < -0.4 is 5.32 Å². The molecule has 2 rings (SSSR count). The predicted molar refractivity (Wildman–Crippen MR) is 76.4 cm³/mol. The molecular formula is C13H16N2O5S. The maximum absolute atomic E-state index is 12.1. The van der Waals surface area contributed by atoms with Gasteiger partial charge in [-0.1, -0.05) is 30.6 Å². The highest BCUT2D eigenvalue weighted by atomic mass is 32.1. The minimum atomic E-state index is -0.903. The molecular weight excluding hydrogens is 296 g/mol. The van der Waals surface area contributed by atoms with Crippen LogP contribution in [0.5, 0.6) is 0 Å². The molecule has 0 spiro atoms. The van der Waals surface area contributed by atoms with Crippen molar-refractivity contribution in [1.29, 1.82) is 0 Å². The van der Waals surface area contributed by atoms with Crippen molar-refractivity contribution in [3.05, 3.63) is 27.1 Å². The summed E-state index contributed by atoms with van der Waals surface area (Å²) < 4.78 is 0. The van der Waals surface area contributed by atoms with Crippen LogP contribution in [0.3, 0.4) is 0 Å². The number of rotatable bonds is 4. The fourth-order valence-corrected chi connectivity index (χ4v) is 3.29. The minimum Gasteiger partial charge on any atom is -0.481 e. The number of carbonyl (C=O) groups excluding carboxylic acids is 1. The summed E-state index contributed by atoms with van der Waals surface area (Å²) in [5.74, 6) is -1.93. The third-order valence-electron chi connectivity index (χ3n) is 3.65. The maximum atomic E-state index is 12.1. The zero-order chi connectivity index (χ0) is 15.4. The average molecular weight is 312 g/mol. The summed E-state index contributed by atoms with van der Waals surface area (Å²) in [7, 11) is 0. The second kappa shape index (κ2) is 6.66. The standard InChI is InChI=1S/C13H16N2O5S/c16-12(10-6-7-11(21-10)15(19)20)14-9-5-3-1-2-4-8(9)13(17)18/h6-9H,1-5H2,(H,14,16)(H,17,18). The van der Waals surface area contributed by atoms with Gasteiger partial charge in [-0.15, -0.1) is 0 Å². The fourth-order valence-electron chi connectivity index (χ4n) is 2.56. The van der Waals surface area contributed by atoms with Crippen molar-refractivity contribution in [2.45, 2.75) is 38.1 Å². The van der Waals surface area contributed by atoms with Crippen molar-refractivity contribution in [2.24, 2.45) is 5.92 Å². The number of amides is 1. The zero-order valence-corrected chi connectivity index (χ0v) is 12.1. The third-order valence-corrected chi connectivity index (χ3v) is 4.68. The van der Waals surface area contributed by atoms with Gasteiger partial charge in [-0.2, -0.15) is 0 Å². The lowest BCUT2D eigenvalue weighted by Crippen LogP contribution is -2.42. The lowest BCUT2D eigenvalue weighted by Gasteiger charge is -2.22. The Kier molecular flexibility index (Phi) is 4.89. The fraction of sp³-hybridized carbons (Fsp3) is 0.538. The van der Waals surface area contributed by atoms with E-state index in [1.165, 1.54) is 12.1 Å². The van der Waals surface area contributed by atoms with Gasteiger partial charge < -0.3 is 10.4 Å². The Hall–Kier alpha value is -1.96. The van der Waals surface area contributed by atoms with Crippen molar-refractivity contribution in [3.8, 4) is 0 Å². The molecule has 1 fully saturated rings. The number of nitrogens with zero attached hydrogens (tertiary/aromatic N) is 1. The number of nitrogens with one attached hydrogen (secondary N) is 1. The van der Waals surface area contributed by atoms with Gasteiger partial charge in [-0.25, -0.2) is 0 Å². The number of hydrogen-bond acceptors (Lipinski definition) is 5. The summed E-state index contributed by atoms with van der Waals surface area (Å²) in [5, 5.41) is 22.5. The highest BCUT2D eigenvalue weighted by Crippen LogP contribution is 2.26. The molecule has 2 unspecified atom stereocenters. The summed E-state index contributed by atoms with van der Waals surface area (Å²) in [6.45, 7) is 0. The smallest absolute Gasteiger partial charge is 0.324 e. The molecule has 7 nitrogen and oxygen atoms in total. The van der Waals surface area contributed by atoms with Crippen LogP contribution in [0.1, 0.15) is 41.8 Å². The predicted octanol–water partition coefficient (Wildman–Crippen LogP) is 2.42. The summed E-state index contributed by atoms with van der Waals surface area (Å²) in [5.41, 5.74) is 0. The molecule has 1 aliphatic carbocycles. The minimum absolute atomic E-state index is 0.101. The van der Waals surface area contributed by atoms with Gasteiger partial charge in [-0.3, -0.25) is 19.7 Å². The van der Waals surface area contributed by atoms with Crippen molar-refractivity contribution in [2.75, 3.05) is 0 Å². The first kappa shape index (κ1) is 15.4. The molecule has 1 aliphatic rings. The third kappa shape index (κ3) is 3.78. The number of carboxylic acids is 1. The van der Waals surface area contributed by atoms with E-state index < -0.39 is 28.8 Å². The Morgan fingerprint density at radius 1 is 1.29 bits per heavy atom. The zero-order valence-electron chi connectivity index (χ0n) is 11.3. The molecule has 0 bridgehead atoms. The van der Waals surface area contributed by atoms with Gasteiger partial charge in [0.25, 0.3) is 5.91 Å². The molecule has 0 saturated heterocycles. The monoisotopic (exact) mass is 312 g/mol. The molecule has 1 aromatic heterocycles. The van der Waals surface area contributed by atoms with Gasteiger partial charge in [0.05, 0.1) is 15.7 Å². The highest BCUT2D eigenvalue weighted by Gasteiger charge is 2.31. The Morgan fingerprint density at radius 2 is 2.00 bits per heavy atom. The Bertz CT molecular complexity index is 557. The van der Waals surface area contributed by atoms with Crippen molar-refractivity contribution in [1.82, 2.24) is 5.32 Å². The van der Waals surface area contributed by atoms with Gasteiger partial charge in [0.15, 0.2) is 0 Å². The quantitative estimate of drug-likeness (QED) is 0.504. The highest BCUT2D eigenvalue weighted by molar-refractivity contribution is 7.17. The molecule has 1 amide bonds. The number of hydrogen-bond donors (Lipinski definition) is 2. The second-order valence-electron chi connectivity index (χ2n) is 5.06. The Labute approximate surface area is 125 Å². The van der Waals surface area contributed by atoms with E-state index in [2.05, 4.69) is 5.32 Å². The first-order valence-corrected chi connectivity index (χ1v) is 7.58. The van der Waals surface area contributed by atoms with Crippen LogP contribution in [0.4, 0.5) is 5.00 Å². The lowest BCUT2D eigenvalue weighted by atomic mass is 9.95. The van der Waals surface area contributed by atoms with Crippen LogP contribution in [0, 0.1) is 16.0 Å². The van der Waals surface area contributed by atoms with Crippen molar-refractivity contribution >= 4 is 28.2 Å². The molecule has 2 atom stereocenters. The van der Waals surface area contributed by atoms with Crippen molar-refractivity contribution < 1.29 is 19.6 Å². The largest absolute Gasteiger partial charge is 0.481 e. The number of carbonyl (C=O) groups is 2. The van der Waals surface area contributed by atoms with Crippen LogP contribution in [0.2, 0.25) is 0 Å². The van der Waals surface area contributed by atoms with E-state index in [0.717, 1.165) is 30.6 Å². The SMILES string of the molecule is O=C(NC1CCCCCC1C(=O)O)c1ccc([N+](=O)[O-])s1. The maximum Gasteiger partial charge on any atom is 0.324 e. The van der Waals surface area contributed by atoms with E-state index in [1.54, 1.807) is 0 Å². The summed E-state index contributed by atoms with van der Waals surface area (Å²) >= 11 is 0.794. The number of carboxylic acid groups (broad SMARTS) is 1. The van der Waals surface area contributed by atoms with Gasteiger partial charge >= 0.3 is 11.0 Å². The first-order valence-electron chi connectivity index (χ1n) is 6.77. The van der Waals surface area contributed by atoms with Crippen LogP contribution in [0.15, 0.2) is 12.1 Å².